The van der Waals surface area contributed by atoms with E-state index in [-0.39, 0.29) is 5.78 Å². The molecule has 2 aromatic carbocycles. The summed E-state index contributed by atoms with van der Waals surface area (Å²) in [5.74, 6) is 0.934. The van der Waals surface area contributed by atoms with Crippen LogP contribution < -0.4 is 9.64 Å². The van der Waals surface area contributed by atoms with Gasteiger partial charge in [0.25, 0.3) is 0 Å². The number of ether oxygens (including phenoxy) is 1. The average molecular weight is 283 g/mol. The lowest BCUT2D eigenvalue weighted by atomic mass is 10.0. The first-order valence-electron chi connectivity index (χ1n) is 6.97. The number of benzene rings is 2. The molecule has 0 heterocycles. The van der Waals surface area contributed by atoms with Crippen molar-refractivity contribution in [3.05, 3.63) is 59.2 Å². The Kier molecular flexibility index (Phi) is 4.63. The number of nitrogens with zero attached hydrogens (tertiary/aromatic N) is 1. The Morgan fingerprint density at radius 1 is 1.05 bits per heavy atom. The van der Waals surface area contributed by atoms with Gasteiger partial charge in [0.15, 0.2) is 5.78 Å². The molecule has 0 aromatic heterocycles. The molecule has 110 valence electrons. The van der Waals surface area contributed by atoms with Crippen molar-refractivity contribution < 1.29 is 9.53 Å². The first kappa shape index (κ1) is 15.1. The van der Waals surface area contributed by atoms with Gasteiger partial charge in [-0.25, -0.2) is 0 Å². The number of hydrogen-bond donors (Lipinski definition) is 0. The molecule has 2 rings (SSSR count). The Morgan fingerprint density at radius 2 is 1.71 bits per heavy atom. The van der Waals surface area contributed by atoms with Gasteiger partial charge in [-0.05, 0) is 55.3 Å². The maximum absolute atomic E-state index is 12.3. The van der Waals surface area contributed by atoms with Crippen molar-refractivity contribution in [2.45, 2.75) is 13.8 Å². The summed E-state index contributed by atoms with van der Waals surface area (Å²) in [6, 6.07) is 13.5. The summed E-state index contributed by atoms with van der Waals surface area (Å²) in [6.07, 6.45) is 0. The lowest BCUT2D eigenvalue weighted by Crippen LogP contribution is -2.25. The number of Topliss-reactive ketones (excluding diaryl/α,β-unsaturated/α-hetero) is 1. The number of rotatable bonds is 5. The first-order chi connectivity index (χ1) is 10.0. The number of likely N-dealkylation sites (N-methyl/N-ethyl adjacent to an activating group) is 1. The van der Waals surface area contributed by atoms with Gasteiger partial charge in [-0.2, -0.15) is 0 Å². The summed E-state index contributed by atoms with van der Waals surface area (Å²) in [6.45, 7) is 4.43. The van der Waals surface area contributed by atoms with E-state index in [4.69, 9.17) is 4.74 Å². The van der Waals surface area contributed by atoms with Crippen LogP contribution >= 0.6 is 0 Å². The molecule has 0 amide bonds. The van der Waals surface area contributed by atoms with E-state index in [9.17, 15) is 4.79 Å². The summed E-state index contributed by atoms with van der Waals surface area (Å²) in [7, 11) is 3.56. The second-order valence-electron chi connectivity index (χ2n) is 5.28. The van der Waals surface area contributed by atoms with Crippen molar-refractivity contribution >= 4 is 11.5 Å². The molecule has 0 saturated heterocycles. The number of anilines is 1. The molecule has 2 aromatic rings. The molecule has 21 heavy (non-hydrogen) atoms. The zero-order chi connectivity index (χ0) is 15.4. The highest BCUT2D eigenvalue weighted by atomic mass is 16.5. The molecule has 0 atom stereocenters. The van der Waals surface area contributed by atoms with Crippen molar-refractivity contribution in [1.82, 2.24) is 0 Å². The SMILES string of the molecule is COc1ccc(N(C)CC(=O)c2ccc(C)c(C)c2)cc1. The van der Waals surface area contributed by atoms with Crippen LogP contribution in [0.5, 0.6) is 5.75 Å². The smallest absolute Gasteiger partial charge is 0.182 e. The number of methoxy groups -OCH3 is 1. The van der Waals surface area contributed by atoms with Crippen molar-refractivity contribution in [1.29, 1.82) is 0 Å². The summed E-state index contributed by atoms with van der Waals surface area (Å²) in [4.78, 5) is 14.3. The van der Waals surface area contributed by atoms with E-state index in [1.807, 2.05) is 68.3 Å². The van der Waals surface area contributed by atoms with Crippen LogP contribution in [-0.2, 0) is 0 Å². The third kappa shape index (κ3) is 3.63. The van der Waals surface area contributed by atoms with E-state index in [2.05, 4.69) is 0 Å². The summed E-state index contributed by atoms with van der Waals surface area (Å²) < 4.78 is 5.14. The minimum Gasteiger partial charge on any atom is -0.497 e. The zero-order valence-electron chi connectivity index (χ0n) is 13.0. The van der Waals surface area contributed by atoms with Gasteiger partial charge in [0.2, 0.25) is 0 Å². The Hall–Kier alpha value is -2.29. The molecule has 0 aliphatic rings. The molecule has 0 fully saturated rings. The van der Waals surface area contributed by atoms with Gasteiger partial charge in [0, 0.05) is 18.3 Å². The Bertz CT molecular complexity index is 632. The second kappa shape index (κ2) is 6.44. The predicted octanol–water partition coefficient (Wildman–Crippen LogP) is 3.63. The Balaban J connectivity index is 2.08. The van der Waals surface area contributed by atoms with Crippen molar-refractivity contribution in [3.63, 3.8) is 0 Å². The Morgan fingerprint density at radius 3 is 2.29 bits per heavy atom. The molecule has 0 bridgehead atoms. The minimum atomic E-state index is 0.122. The number of carbonyl (C=O) groups is 1. The highest BCUT2D eigenvalue weighted by molar-refractivity contribution is 5.99. The molecule has 0 radical (unpaired) electrons. The average Bonchev–Trinajstić information content (AvgIpc) is 2.50. The first-order valence-corrected chi connectivity index (χ1v) is 6.97. The molecule has 0 aliphatic carbocycles. The fourth-order valence-corrected chi connectivity index (χ4v) is 2.15. The molecule has 0 N–H and O–H groups in total. The van der Waals surface area contributed by atoms with Crippen LogP contribution in [0.1, 0.15) is 21.5 Å². The monoisotopic (exact) mass is 283 g/mol. The van der Waals surface area contributed by atoms with Crippen LogP contribution in [0.4, 0.5) is 5.69 Å². The topological polar surface area (TPSA) is 29.5 Å². The molecule has 0 spiro atoms. The lowest BCUT2D eigenvalue weighted by molar-refractivity contribution is 0.100. The summed E-state index contributed by atoms with van der Waals surface area (Å²) in [5.41, 5.74) is 4.11. The largest absolute Gasteiger partial charge is 0.497 e. The molecule has 3 heteroatoms. The quantitative estimate of drug-likeness (QED) is 0.785. The van der Waals surface area contributed by atoms with Crippen LogP contribution in [0.15, 0.2) is 42.5 Å². The van der Waals surface area contributed by atoms with Gasteiger partial charge in [0.1, 0.15) is 5.75 Å². The van der Waals surface area contributed by atoms with Crippen molar-refractivity contribution in [2.75, 3.05) is 25.6 Å². The van der Waals surface area contributed by atoms with Crippen LogP contribution in [-0.4, -0.2) is 26.5 Å². The van der Waals surface area contributed by atoms with E-state index in [1.54, 1.807) is 7.11 Å². The van der Waals surface area contributed by atoms with Crippen molar-refractivity contribution in [3.8, 4) is 5.75 Å². The molecule has 0 aliphatic heterocycles. The molecular formula is C18H21NO2. The number of aryl methyl sites for hydroxylation is 2. The van der Waals surface area contributed by atoms with Gasteiger partial charge >= 0.3 is 0 Å². The van der Waals surface area contributed by atoms with E-state index in [1.165, 1.54) is 5.56 Å². The highest BCUT2D eigenvalue weighted by Gasteiger charge is 2.11. The van der Waals surface area contributed by atoms with E-state index >= 15 is 0 Å². The third-order valence-corrected chi connectivity index (χ3v) is 3.72. The molecular weight excluding hydrogens is 262 g/mol. The normalized spacial score (nSPS) is 10.3. The van der Waals surface area contributed by atoms with Crippen LogP contribution in [0.3, 0.4) is 0 Å². The lowest BCUT2D eigenvalue weighted by Gasteiger charge is -2.19. The van der Waals surface area contributed by atoms with Gasteiger partial charge in [-0.1, -0.05) is 12.1 Å². The van der Waals surface area contributed by atoms with Gasteiger partial charge < -0.3 is 9.64 Å². The van der Waals surface area contributed by atoms with E-state index < -0.39 is 0 Å². The highest BCUT2D eigenvalue weighted by Crippen LogP contribution is 2.19. The van der Waals surface area contributed by atoms with Gasteiger partial charge in [-0.15, -0.1) is 0 Å². The standard InChI is InChI=1S/C18H21NO2/c1-13-5-6-15(11-14(13)2)18(20)12-19(3)16-7-9-17(21-4)10-8-16/h5-11H,12H2,1-4H3. The van der Waals surface area contributed by atoms with Crippen molar-refractivity contribution in [2.24, 2.45) is 0 Å². The molecule has 0 saturated carbocycles. The van der Waals surface area contributed by atoms with Crippen LogP contribution in [0.25, 0.3) is 0 Å². The fourth-order valence-electron chi connectivity index (χ4n) is 2.15. The maximum atomic E-state index is 12.3. The fraction of sp³-hybridized carbons (Fsp3) is 0.278. The zero-order valence-corrected chi connectivity index (χ0v) is 13.0. The summed E-state index contributed by atoms with van der Waals surface area (Å²) >= 11 is 0. The third-order valence-electron chi connectivity index (χ3n) is 3.72. The molecule has 3 nitrogen and oxygen atoms in total. The number of hydrogen-bond acceptors (Lipinski definition) is 3. The van der Waals surface area contributed by atoms with Crippen LogP contribution in [0, 0.1) is 13.8 Å². The van der Waals surface area contributed by atoms with Gasteiger partial charge in [-0.3, -0.25) is 4.79 Å². The number of carbonyl (C=O) groups excluding carboxylic acids is 1. The van der Waals surface area contributed by atoms with E-state index in [0.717, 1.165) is 22.6 Å². The minimum absolute atomic E-state index is 0.122. The predicted molar refractivity (Wildman–Crippen MR) is 86.5 cm³/mol. The molecule has 0 unspecified atom stereocenters. The summed E-state index contributed by atoms with van der Waals surface area (Å²) in [5, 5.41) is 0. The Labute approximate surface area is 126 Å². The van der Waals surface area contributed by atoms with E-state index in [0.29, 0.717) is 6.54 Å². The maximum Gasteiger partial charge on any atom is 0.182 e. The van der Waals surface area contributed by atoms with Crippen LogP contribution in [0.2, 0.25) is 0 Å². The van der Waals surface area contributed by atoms with Gasteiger partial charge in [0.05, 0.1) is 13.7 Å². The second-order valence-corrected chi connectivity index (χ2v) is 5.28. The number of ketones is 1.